The molecule has 0 radical (unpaired) electrons. The molecule has 1 unspecified atom stereocenters. The van der Waals surface area contributed by atoms with E-state index in [0.717, 1.165) is 0 Å². The lowest BCUT2D eigenvalue weighted by molar-refractivity contribution is -0.0385. The third kappa shape index (κ3) is 3.04. The molecule has 0 bridgehead atoms. The Labute approximate surface area is 122 Å². The maximum Gasteiger partial charge on any atom is 0.248 e. The van der Waals surface area contributed by atoms with Gasteiger partial charge in [0.05, 0.1) is 23.2 Å². The zero-order valence-electron chi connectivity index (χ0n) is 11.6. The molecule has 2 fully saturated rings. The molecule has 0 aromatic carbocycles. The van der Waals surface area contributed by atoms with Gasteiger partial charge in [-0.2, -0.15) is 5.10 Å². The van der Waals surface area contributed by atoms with E-state index in [1.54, 1.807) is 10.7 Å². The molecule has 1 atom stereocenters. The molecule has 8 heteroatoms. The van der Waals surface area contributed by atoms with Crippen LogP contribution in [0.15, 0.2) is 6.07 Å². The van der Waals surface area contributed by atoms with Crippen LogP contribution in [0.1, 0.15) is 49.8 Å². The van der Waals surface area contributed by atoms with Crippen molar-refractivity contribution in [1.82, 2.24) is 9.78 Å². The molecule has 1 saturated heterocycles. The minimum absolute atomic E-state index is 0.00816. The highest BCUT2D eigenvalue weighted by atomic mass is 32.2. The van der Waals surface area contributed by atoms with Crippen LogP contribution in [-0.4, -0.2) is 35.6 Å². The van der Waals surface area contributed by atoms with Crippen LogP contribution in [0.4, 0.5) is 14.6 Å². The summed E-state index contributed by atoms with van der Waals surface area (Å²) in [6.45, 7) is 0. The molecule has 1 aromatic heterocycles. The average molecular weight is 319 g/mol. The Morgan fingerprint density at radius 2 is 1.95 bits per heavy atom. The van der Waals surface area contributed by atoms with Gasteiger partial charge in [0.25, 0.3) is 0 Å². The SMILES string of the molecule is Nc1cc(C2CCC(F)(F)CC2)nn1C1CCS(=O)(=O)C1. The second-order valence-electron chi connectivity index (χ2n) is 6.13. The number of anilines is 1. The number of rotatable bonds is 2. The van der Waals surface area contributed by atoms with Crippen molar-refractivity contribution in [2.75, 3.05) is 17.2 Å². The fourth-order valence-corrected chi connectivity index (χ4v) is 4.92. The van der Waals surface area contributed by atoms with Crippen LogP contribution in [0.3, 0.4) is 0 Å². The predicted molar refractivity (Wildman–Crippen MR) is 75.1 cm³/mol. The number of alkyl halides is 2. The highest BCUT2D eigenvalue weighted by Crippen LogP contribution is 2.41. The number of sulfone groups is 1. The lowest BCUT2D eigenvalue weighted by Gasteiger charge is -2.27. The summed E-state index contributed by atoms with van der Waals surface area (Å²) in [5, 5.41) is 4.41. The molecule has 2 N–H and O–H groups in total. The zero-order chi connectivity index (χ0) is 15.3. The highest BCUT2D eigenvalue weighted by molar-refractivity contribution is 7.91. The summed E-state index contributed by atoms with van der Waals surface area (Å²) in [5.41, 5.74) is 6.64. The standard InChI is InChI=1S/C13H19F2N3O2S/c14-13(15)4-1-9(2-5-13)11-7-12(16)18(17-11)10-3-6-21(19,20)8-10/h7,9-10H,1-6,8,16H2. The second kappa shape index (κ2) is 4.93. The van der Waals surface area contributed by atoms with E-state index in [9.17, 15) is 17.2 Å². The van der Waals surface area contributed by atoms with Gasteiger partial charge in [0.15, 0.2) is 9.84 Å². The Morgan fingerprint density at radius 1 is 1.29 bits per heavy atom. The normalized spacial score (nSPS) is 28.8. The Kier molecular flexibility index (Phi) is 3.46. The van der Waals surface area contributed by atoms with Crippen LogP contribution in [0, 0.1) is 0 Å². The molecule has 118 valence electrons. The summed E-state index contributed by atoms with van der Waals surface area (Å²) in [6.07, 6.45) is 1.06. The van der Waals surface area contributed by atoms with Gasteiger partial charge in [0, 0.05) is 24.8 Å². The van der Waals surface area contributed by atoms with Crippen LogP contribution in [0.25, 0.3) is 0 Å². The van der Waals surface area contributed by atoms with Crippen molar-refractivity contribution in [2.24, 2.45) is 0 Å². The van der Waals surface area contributed by atoms with E-state index in [1.165, 1.54) is 0 Å². The van der Waals surface area contributed by atoms with Gasteiger partial charge in [0.1, 0.15) is 5.82 Å². The fraction of sp³-hybridized carbons (Fsp3) is 0.769. The van der Waals surface area contributed by atoms with Crippen molar-refractivity contribution in [1.29, 1.82) is 0 Å². The molecular weight excluding hydrogens is 300 g/mol. The number of hydrogen-bond donors (Lipinski definition) is 1. The third-order valence-electron chi connectivity index (χ3n) is 4.47. The van der Waals surface area contributed by atoms with Crippen LogP contribution >= 0.6 is 0 Å². The van der Waals surface area contributed by atoms with Crippen LogP contribution < -0.4 is 5.73 Å². The quantitative estimate of drug-likeness (QED) is 0.905. The summed E-state index contributed by atoms with van der Waals surface area (Å²) in [7, 11) is -3.01. The van der Waals surface area contributed by atoms with Gasteiger partial charge in [-0.15, -0.1) is 0 Å². The van der Waals surface area contributed by atoms with Gasteiger partial charge in [-0.1, -0.05) is 0 Å². The van der Waals surface area contributed by atoms with E-state index < -0.39 is 15.8 Å². The molecular formula is C13H19F2N3O2S. The Bertz CT molecular complexity index is 632. The van der Waals surface area contributed by atoms with Gasteiger partial charge < -0.3 is 5.73 Å². The second-order valence-corrected chi connectivity index (χ2v) is 8.35. The van der Waals surface area contributed by atoms with Gasteiger partial charge in [-0.3, -0.25) is 0 Å². The van der Waals surface area contributed by atoms with E-state index in [-0.39, 0.29) is 36.3 Å². The van der Waals surface area contributed by atoms with Crippen molar-refractivity contribution in [3.63, 3.8) is 0 Å². The van der Waals surface area contributed by atoms with Gasteiger partial charge in [-0.05, 0) is 19.3 Å². The summed E-state index contributed by atoms with van der Waals surface area (Å²) < 4.78 is 51.0. The summed E-state index contributed by atoms with van der Waals surface area (Å²) in [4.78, 5) is 0. The number of aromatic nitrogens is 2. The topological polar surface area (TPSA) is 78.0 Å². The highest BCUT2D eigenvalue weighted by Gasteiger charge is 2.37. The van der Waals surface area contributed by atoms with Crippen LogP contribution in [0.5, 0.6) is 0 Å². The van der Waals surface area contributed by atoms with E-state index in [1.807, 2.05) is 0 Å². The Morgan fingerprint density at radius 3 is 2.52 bits per heavy atom. The predicted octanol–water partition coefficient (Wildman–Crippen LogP) is 2.12. The first kappa shape index (κ1) is 14.7. The molecule has 5 nitrogen and oxygen atoms in total. The maximum atomic E-state index is 13.2. The Balaban J connectivity index is 1.76. The number of halogens is 2. The minimum atomic E-state index is -3.01. The largest absolute Gasteiger partial charge is 0.384 e. The number of nitrogens with two attached hydrogens (primary N) is 1. The fourth-order valence-electron chi connectivity index (χ4n) is 3.22. The smallest absolute Gasteiger partial charge is 0.248 e. The van der Waals surface area contributed by atoms with E-state index in [2.05, 4.69) is 5.10 Å². The molecule has 1 aliphatic carbocycles. The van der Waals surface area contributed by atoms with Gasteiger partial charge in [0.2, 0.25) is 5.92 Å². The molecule has 0 spiro atoms. The van der Waals surface area contributed by atoms with Crippen molar-refractivity contribution < 1.29 is 17.2 Å². The minimum Gasteiger partial charge on any atom is -0.384 e. The number of nitrogen functional groups attached to an aromatic ring is 1. The number of hydrogen-bond acceptors (Lipinski definition) is 4. The summed E-state index contributed by atoms with van der Waals surface area (Å²) in [5.74, 6) is -1.94. The lowest BCUT2D eigenvalue weighted by Crippen LogP contribution is -2.24. The van der Waals surface area contributed by atoms with Crippen molar-refractivity contribution in [2.45, 2.75) is 50.0 Å². The Hall–Kier alpha value is -1.18. The molecule has 2 heterocycles. The third-order valence-corrected chi connectivity index (χ3v) is 6.22. The maximum absolute atomic E-state index is 13.2. The zero-order valence-corrected chi connectivity index (χ0v) is 12.5. The van der Waals surface area contributed by atoms with Crippen molar-refractivity contribution >= 4 is 15.7 Å². The summed E-state index contributed by atoms with van der Waals surface area (Å²) >= 11 is 0. The first-order valence-electron chi connectivity index (χ1n) is 7.19. The van der Waals surface area contributed by atoms with Crippen molar-refractivity contribution in [3.05, 3.63) is 11.8 Å². The van der Waals surface area contributed by atoms with E-state index in [0.29, 0.717) is 30.8 Å². The number of nitrogens with zero attached hydrogens (tertiary/aromatic N) is 2. The molecule has 0 amide bonds. The molecule has 1 saturated carbocycles. The van der Waals surface area contributed by atoms with Gasteiger partial charge >= 0.3 is 0 Å². The van der Waals surface area contributed by atoms with E-state index >= 15 is 0 Å². The average Bonchev–Trinajstić information content (AvgIpc) is 2.92. The lowest BCUT2D eigenvalue weighted by atomic mass is 9.85. The molecule has 1 aromatic rings. The molecule has 21 heavy (non-hydrogen) atoms. The molecule has 2 aliphatic rings. The van der Waals surface area contributed by atoms with Crippen LogP contribution in [-0.2, 0) is 9.84 Å². The van der Waals surface area contributed by atoms with Crippen LogP contribution in [0.2, 0.25) is 0 Å². The monoisotopic (exact) mass is 319 g/mol. The first-order chi connectivity index (χ1) is 9.76. The molecule has 1 aliphatic heterocycles. The summed E-state index contributed by atoms with van der Waals surface area (Å²) in [6, 6.07) is 1.48. The molecule has 3 rings (SSSR count). The van der Waals surface area contributed by atoms with Crippen molar-refractivity contribution in [3.8, 4) is 0 Å². The van der Waals surface area contributed by atoms with Gasteiger partial charge in [-0.25, -0.2) is 21.9 Å². The van der Waals surface area contributed by atoms with E-state index in [4.69, 9.17) is 5.73 Å². The first-order valence-corrected chi connectivity index (χ1v) is 9.01.